The van der Waals surface area contributed by atoms with Crippen molar-refractivity contribution in [2.24, 2.45) is 10.7 Å². The van der Waals surface area contributed by atoms with Gasteiger partial charge in [0.15, 0.2) is 17.5 Å². The van der Waals surface area contributed by atoms with Crippen LogP contribution in [0.5, 0.6) is 11.5 Å². The molecule has 1 unspecified atom stereocenters. The molecule has 24 heavy (non-hydrogen) atoms. The molecule has 0 amide bonds. The first-order chi connectivity index (χ1) is 11.6. The number of fused-ring (bicyclic) bond motifs is 1. The average Bonchev–Trinajstić information content (AvgIpc) is 2.60. The van der Waals surface area contributed by atoms with Crippen LogP contribution in [0.3, 0.4) is 0 Å². The molecule has 0 saturated carbocycles. The van der Waals surface area contributed by atoms with Gasteiger partial charge in [0.2, 0.25) is 0 Å². The summed E-state index contributed by atoms with van der Waals surface area (Å²) in [4.78, 5) is 4.16. The van der Waals surface area contributed by atoms with Gasteiger partial charge in [-0.15, -0.1) is 0 Å². The minimum absolute atomic E-state index is 0.0988. The van der Waals surface area contributed by atoms with E-state index in [2.05, 4.69) is 10.3 Å². The highest BCUT2D eigenvalue weighted by Crippen LogP contribution is 2.39. The standard InChI is InChI=1S/C17H18ClN3O3/c18-13-8-11(9-15-16(13)24-7-6-23-15)14(22)10-20-17(19)21-12-4-2-1-3-5-12/h1-5,8-9,14,22H,6-7,10H2,(H3,19,20,21). The summed E-state index contributed by atoms with van der Waals surface area (Å²) in [6.07, 6.45) is -0.852. The molecule has 1 aliphatic heterocycles. The summed E-state index contributed by atoms with van der Waals surface area (Å²) >= 11 is 6.17. The van der Waals surface area contributed by atoms with E-state index in [1.807, 2.05) is 30.3 Å². The third-order valence-corrected chi connectivity index (χ3v) is 3.77. The molecule has 0 spiro atoms. The van der Waals surface area contributed by atoms with Crippen molar-refractivity contribution in [3.63, 3.8) is 0 Å². The summed E-state index contributed by atoms with van der Waals surface area (Å²) in [6, 6.07) is 12.8. The Morgan fingerprint density at radius 2 is 2.00 bits per heavy atom. The molecule has 0 fully saturated rings. The van der Waals surface area contributed by atoms with Crippen LogP contribution in [-0.2, 0) is 0 Å². The summed E-state index contributed by atoms with van der Waals surface area (Å²) in [5.41, 5.74) is 7.26. The van der Waals surface area contributed by atoms with Gasteiger partial charge in [-0.1, -0.05) is 29.8 Å². The van der Waals surface area contributed by atoms with E-state index in [1.54, 1.807) is 12.1 Å². The fourth-order valence-corrected chi connectivity index (χ4v) is 2.60. The van der Waals surface area contributed by atoms with E-state index in [-0.39, 0.29) is 12.5 Å². The summed E-state index contributed by atoms with van der Waals surface area (Å²) in [5.74, 6) is 1.26. The lowest BCUT2D eigenvalue weighted by molar-refractivity contribution is 0.167. The molecule has 0 saturated heterocycles. The van der Waals surface area contributed by atoms with Crippen LogP contribution < -0.4 is 20.5 Å². The second-order valence-electron chi connectivity index (χ2n) is 5.26. The number of benzene rings is 2. The minimum Gasteiger partial charge on any atom is -0.486 e. The molecule has 126 valence electrons. The van der Waals surface area contributed by atoms with Crippen molar-refractivity contribution < 1.29 is 14.6 Å². The second-order valence-corrected chi connectivity index (χ2v) is 5.67. The van der Waals surface area contributed by atoms with Gasteiger partial charge in [0.1, 0.15) is 13.2 Å². The van der Waals surface area contributed by atoms with Crippen molar-refractivity contribution in [1.29, 1.82) is 0 Å². The summed E-state index contributed by atoms with van der Waals surface area (Å²) in [7, 11) is 0. The first-order valence-electron chi connectivity index (χ1n) is 7.52. The van der Waals surface area contributed by atoms with Crippen LogP contribution in [0, 0.1) is 0 Å². The van der Waals surface area contributed by atoms with Crippen LogP contribution in [0.15, 0.2) is 47.5 Å². The molecular formula is C17H18ClN3O3. The number of rotatable bonds is 4. The van der Waals surface area contributed by atoms with Gasteiger partial charge in [-0.25, -0.2) is 0 Å². The molecule has 6 nitrogen and oxygen atoms in total. The van der Waals surface area contributed by atoms with E-state index < -0.39 is 6.10 Å². The Balaban J connectivity index is 1.67. The fourth-order valence-electron chi connectivity index (χ4n) is 2.32. The number of nitrogens with one attached hydrogen (secondary N) is 1. The highest BCUT2D eigenvalue weighted by Gasteiger charge is 2.19. The molecule has 0 aromatic heterocycles. The van der Waals surface area contributed by atoms with Crippen molar-refractivity contribution in [3.05, 3.63) is 53.1 Å². The fraction of sp³-hybridized carbons (Fsp3) is 0.235. The zero-order valence-corrected chi connectivity index (χ0v) is 13.7. The predicted molar refractivity (Wildman–Crippen MR) is 94.0 cm³/mol. The summed E-state index contributed by atoms with van der Waals surface area (Å²) < 4.78 is 11.0. The van der Waals surface area contributed by atoms with Crippen molar-refractivity contribution in [1.82, 2.24) is 0 Å². The van der Waals surface area contributed by atoms with Crippen LogP contribution in [0.4, 0.5) is 5.69 Å². The zero-order chi connectivity index (χ0) is 16.9. The van der Waals surface area contributed by atoms with Gasteiger partial charge in [-0.05, 0) is 29.8 Å². The highest BCUT2D eigenvalue weighted by molar-refractivity contribution is 6.32. The lowest BCUT2D eigenvalue weighted by Crippen LogP contribution is -2.23. The van der Waals surface area contributed by atoms with E-state index >= 15 is 0 Å². The maximum atomic E-state index is 10.3. The van der Waals surface area contributed by atoms with Gasteiger partial charge in [-0.3, -0.25) is 4.99 Å². The van der Waals surface area contributed by atoms with Crippen LogP contribution in [0.25, 0.3) is 0 Å². The number of anilines is 1. The van der Waals surface area contributed by atoms with Gasteiger partial charge in [0.05, 0.1) is 17.7 Å². The Hall–Kier alpha value is -2.44. The Bertz CT molecular complexity index is 737. The molecule has 1 heterocycles. The first-order valence-corrected chi connectivity index (χ1v) is 7.90. The molecule has 1 atom stereocenters. The quantitative estimate of drug-likeness (QED) is 0.584. The Kier molecular flexibility index (Phi) is 5.08. The lowest BCUT2D eigenvalue weighted by Gasteiger charge is -2.21. The second kappa shape index (κ2) is 7.42. The molecule has 4 N–H and O–H groups in total. The normalized spacial score (nSPS) is 15.0. The predicted octanol–water partition coefficient (Wildman–Crippen LogP) is 2.57. The number of aliphatic hydroxyl groups is 1. The van der Waals surface area contributed by atoms with Gasteiger partial charge in [0.25, 0.3) is 0 Å². The number of halogens is 1. The monoisotopic (exact) mass is 347 g/mol. The van der Waals surface area contributed by atoms with Gasteiger partial charge in [0, 0.05) is 5.69 Å². The maximum absolute atomic E-state index is 10.3. The van der Waals surface area contributed by atoms with Crippen molar-refractivity contribution >= 4 is 23.2 Å². The van der Waals surface area contributed by atoms with Crippen LogP contribution in [-0.4, -0.2) is 30.8 Å². The number of hydrogen-bond donors (Lipinski definition) is 3. The van der Waals surface area contributed by atoms with E-state index in [0.717, 1.165) is 5.69 Å². The van der Waals surface area contributed by atoms with Gasteiger partial charge >= 0.3 is 0 Å². The van der Waals surface area contributed by atoms with Crippen LogP contribution >= 0.6 is 11.6 Å². The number of aliphatic hydroxyl groups excluding tert-OH is 1. The first kappa shape index (κ1) is 16.4. The van der Waals surface area contributed by atoms with Gasteiger partial charge in [-0.2, -0.15) is 0 Å². The van der Waals surface area contributed by atoms with Crippen molar-refractivity contribution in [2.45, 2.75) is 6.10 Å². The molecular weight excluding hydrogens is 330 g/mol. The molecule has 0 radical (unpaired) electrons. The largest absolute Gasteiger partial charge is 0.486 e. The molecule has 2 aromatic rings. The third-order valence-electron chi connectivity index (χ3n) is 3.48. The number of nitrogens with zero attached hydrogens (tertiary/aromatic N) is 1. The highest BCUT2D eigenvalue weighted by atomic mass is 35.5. The molecule has 0 aliphatic carbocycles. The average molecular weight is 348 g/mol. The van der Waals surface area contributed by atoms with E-state index in [4.69, 9.17) is 26.8 Å². The Morgan fingerprint density at radius 1 is 1.25 bits per heavy atom. The maximum Gasteiger partial charge on any atom is 0.193 e. The number of aliphatic imine (C=N–C) groups is 1. The minimum atomic E-state index is -0.852. The Morgan fingerprint density at radius 3 is 2.79 bits per heavy atom. The number of ether oxygens (including phenoxy) is 2. The van der Waals surface area contributed by atoms with Crippen LogP contribution in [0.1, 0.15) is 11.7 Å². The van der Waals surface area contributed by atoms with E-state index in [0.29, 0.717) is 35.3 Å². The lowest BCUT2D eigenvalue weighted by atomic mass is 10.1. The zero-order valence-electron chi connectivity index (χ0n) is 12.9. The van der Waals surface area contributed by atoms with Crippen LogP contribution in [0.2, 0.25) is 5.02 Å². The number of para-hydroxylation sites is 1. The molecule has 0 bridgehead atoms. The summed E-state index contributed by atoms with van der Waals surface area (Å²) in [5, 5.41) is 13.7. The van der Waals surface area contributed by atoms with Gasteiger partial charge < -0.3 is 25.6 Å². The smallest absolute Gasteiger partial charge is 0.193 e. The molecule has 3 rings (SSSR count). The van der Waals surface area contributed by atoms with Crippen molar-refractivity contribution in [3.8, 4) is 11.5 Å². The Labute approximate surface area is 144 Å². The van der Waals surface area contributed by atoms with Crippen molar-refractivity contribution in [2.75, 3.05) is 25.1 Å². The molecule has 1 aliphatic rings. The number of nitrogens with two attached hydrogens (primary N) is 1. The molecule has 7 heteroatoms. The number of hydrogen-bond acceptors (Lipinski definition) is 4. The van der Waals surface area contributed by atoms with E-state index in [1.165, 1.54) is 0 Å². The molecule has 2 aromatic carbocycles. The summed E-state index contributed by atoms with van der Waals surface area (Å²) in [6.45, 7) is 1.01. The third kappa shape index (κ3) is 3.90. The van der Waals surface area contributed by atoms with E-state index in [9.17, 15) is 5.11 Å². The topological polar surface area (TPSA) is 89.1 Å². The number of guanidine groups is 1. The SMILES string of the molecule is NC(=NCC(O)c1cc(Cl)c2c(c1)OCCO2)Nc1ccccc1.